The maximum absolute atomic E-state index is 12.5. The highest BCUT2D eigenvalue weighted by Crippen LogP contribution is 2.26. The number of ether oxygens (including phenoxy) is 1. The summed E-state index contributed by atoms with van der Waals surface area (Å²) < 4.78 is 5.52. The number of carbonyl (C=O) groups excluding carboxylic acids is 2. The summed E-state index contributed by atoms with van der Waals surface area (Å²) in [6, 6.07) is 4.54. The minimum Gasteiger partial charge on any atom is -0.467 e. The van der Waals surface area contributed by atoms with Crippen LogP contribution < -0.4 is 0 Å². The Hall–Kier alpha value is -1.07. The van der Waals surface area contributed by atoms with Gasteiger partial charge in [0.1, 0.15) is 6.04 Å². The molecule has 1 aromatic carbocycles. The summed E-state index contributed by atoms with van der Waals surface area (Å²) in [5.74, 6) is -0.546. The fraction of sp³-hybridized carbons (Fsp3) is 0.429. The molecule has 1 atom stereocenters. The number of nitrogens with zero attached hydrogens (tertiary/aromatic N) is 1. The van der Waals surface area contributed by atoms with Crippen LogP contribution in [0.1, 0.15) is 29.6 Å². The van der Waals surface area contributed by atoms with Crippen LogP contribution in [0, 0.1) is 0 Å². The second-order valence-electron chi connectivity index (χ2n) is 4.66. The molecular weight excluding hydrogens is 346 g/mol. The third-order valence-electron chi connectivity index (χ3n) is 3.40. The van der Waals surface area contributed by atoms with Crippen molar-refractivity contribution in [3.63, 3.8) is 0 Å². The molecule has 2 rings (SSSR count). The van der Waals surface area contributed by atoms with Crippen LogP contribution in [0.15, 0.2) is 22.7 Å². The lowest BCUT2D eigenvalue weighted by Crippen LogP contribution is -2.48. The first-order valence-electron chi connectivity index (χ1n) is 6.38. The van der Waals surface area contributed by atoms with Gasteiger partial charge in [-0.2, -0.15) is 0 Å². The number of methoxy groups -OCH3 is 1. The third-order valence-corrected chi connectivity index (χ3v) is 4.64. The standard InChI is InChI=1S/C14H15BrClNO3/c1-20-14(19)12-4-2-3-7-17(12)13(18)9-5-6-10(15)11(16)8-9/h5-6,8,12H,2-4,7H2,1H3/t12-/m1/s1. The lowest BCUT2D eigenvalue weighted by atomic mass is 10.0. The van der Waals surface area contributed by atoms with Gasteiger partial charge in [0.25, 0.3) is 5.91 Å². The molecule has 4 nitrogen and oxygen atoms in total. The fourth-order valence-corrected chi connectivity index (χ4v) is 2.78. The number of halogens is 2. The van der Waals surface area contributed by atoms with Crippen molar-refractivity contribution in [3.8, 4) is 0 Å². The number of hydrogen-bond acceptors (Lipinski definition) is 3. The predicted octanol–water partition coefficient (Wildman–Crippen LogP) is 3.27. The van der Waals surface area contributed by atoms with Gasteiger partial charge in [-0.25, -0.2) is 4.79 Å². The number of amides is 1. The van der Waals surface area contributed by atoms with Crippen molar-refractivity contribution >= 4 is 39.4 Å². The van der Waals surface area contributed by atoms with Crippen LogP contribution in [0.4, 0.5) is 0 Å². The van der Waals surface area contributed by atoms with E-state index in [1.807, 2.05) is 0 Å². The number of hydrogen-bond donors (Lipinski definition) is 0. The Balaban J connectivity index is 2.25. The molecule has 1 heterocycles. The summed E-state index contributed by atoms with van der Waals surface area (Å²) in [6.45, 7) is 0.562. The lowest BCUT2D eigenvalue weighted by molar-refractivity contribution is -0.147. The lowest BCUT2D eigenvalue weighted by Gasteiger charge is -2.33. The highest BCUT2D eigenvalue weighted by atomic mass is 79.9. The van der Waals surface area contributed by atoms with E-state index in [9.17, 15) is 9.59 Å². The van der Waals surface area contributed by atoms with Crippen LogP contribution in [-0.4, -0.2) is 36.5 Å². The summed E-state index contributed by atoms with van der Waals surface area (Å²) in [4.78, 5) is 25.9. The van der Waals surface area contributed by atoms with Crippen molar-refractivity contribution in [2.75, 3.05) is 13.7 Å². The van der Waals surface area contributed by atoms with Crippen LogP contribution in [-0.2, 0) is 9.53 Å². The monoisotopic (exact) mass is 359 g/mol. The topological polar surface area (TPSA) is 46.6 Å². The van der Waals surface area contributed by atoms with Gasteiger partial charge < -0.3 is 9.64 Å². The van der Waals surface area contributed by atoms with E-state index in [-0.39, 0.29) is 11.9 Å². The molecule has 1 aromatic rings. The van der Waals surface area contributed by atoms with Gasteiger partial charge in [0, 0.05) is 16.6 Å². The number of benzene rings is 1. The molecule has 0 N–H and O–H groups in total. The highest BCUT2D eigenvalue weighted by Gasteiger charge is 2.33. The minimum absolute atomic E-state index is 0.186. The fourth-order valence-electron chi connectivity index (χ4n) is 2.35. The van der Waals surface area contributed by atoms with E-state index < -0.39 is 6.04 Å². The van der Waals surface area contributed by atoms with Gasteiger partial charge in [-0.1, -0.05) is 11.6 Å². The maximum atomic E-state index is 12.5. The zero-order valence-electron chi connectivity index (χ0n) is 11.1. The molecule has 0 unspecified atom stereocenters. The summed E-state index contributed by atoms with van der Waals surface area (Å²) in [5.41, 5.74) is 0.481. The Labute approximate surface area is 131 Å². The van der Waals surface area contributed by atoms with Crippen LogP contribution in [0.2, 0.25) is 5.02 Å². The Kier molecular flexibility index (Phi) is 5.05. The minimum atomic E-state index is -0.497. The number of carbonyl (C=O) groups is 2. The zero-order chi connectivity index (χ0) is 14.7. The van der Waals surface area contributed by atoms with Gasteiger partial charge in [-0.15, -0.1) is 0 Å². The van der Waals surface area contributed by atoms with Gasteiger partial charge >= 0.3 is 5.97 Å². The zero-order valence-corrected chi connectivity index (χ0v) is 13.4. The van der Waals surface area contributed by atoms with E-state index >= 15 is 0 Å². The second-order valence-corrected chi connectivity index (χ2v) is 5.92. The molecule has 0 aromatic heterocycles. The Bertz CT molecular complexity index is 535. The highest BCUT2D eigenvalue weighted by molar-refractivity contribution is 9.10. The SMILES string of the molecule is COC(=O)[C@H]1CCCCN1C(=O)c1ccc(Br)c(Cl)c1. The van der Waals surface area contributed by atoms with Crippen LogP contribution in [0.3, 0.4) is 0 Å². The molecule has 0 radical (unpaired) electrons. The molecular formula is C14H15BrClNO3. The normalized spacial score (nSPS) is 18.8. The van der Waals surface area contributed by atoms with E-state index in [2.05, 4.69) is 15.9 Å². The van der Waals surface area contributed by atoms with E-state index in [1.54, 1.807) is 23.1 Å². The number of likely N-dealkylation sites (tertiary alicyclic amines) is 1. The van der Waals surface area contributed by atoms with Gasteiger partial charge in [0.2, 0.25) is 0 Å². The predicted molar refractivity (Wildman–Crippen MR) is 79.8 cm³/mol. The van der Waals surface area contributed by atoms with Crippen molar-refractivity contribution in [3.05, 3.63) is 33.3 Å². The Morgan fingerprint density at radius 2 is 2.15 bits per heavy atom. The largest absolute Gasteiger partial charge is 0.467 e. The smallest absolute Gasteiger partial charge is 0.328 e. The molecule has 0 saturated carbocycles. The average molecular weight is 361 g/mol. The average Bonchev–Trinajstić information content (AvgIpc) is 2.48. The van der Waals surface area contributed by atoms with Crippen LogP contribution in [0.25, 0.3) is 0 Å². The molecule has 1 aliphatic heterocycles. The molecule has 20 heavy (non-hydrogen) atoms. The van der Waals surface area contributed by atoms with E-state index in [4.69, 9.17) is 16.3 Å². The maximum Gasteiger partial charge on any atom is 0.328 e. The molecule has 0 spiro atoms. The van der Waals surface area contributed by atoms with E-state index in [1.165, 1.54) is 7.11 Å². The van der Waals surface area contributed by atoms with Crippen LogP contribution >= 0.6 is 27.5 Å². The second kappa shape index (κ2) is 6.59. The van der Waals surface area contributed by atoms with Crippen molar-refractivity contribution < 1.29 is 14.3 Å². The molecule has 0 bridgehead atoms. The first-order valence-corrected chi connectivity index (χ1v) is 7.55. The molecule has 0 aliphatic carbocycles. The Morgan fingerprint density at radius 1 is 1.40 bits per heavy atom. The van der Waals surface area contributed by atoms with Gasteiger partial charge in [-0.05, 0) is 53.4 Å². The van der Waals surface area contributed by atoms with Crippen LogP contribution in [0.5, 0.6) is 0 Å². The Morgan fingerprint density at radius 3 is 2.80 bits per heavy atom. The van der Waals surface area contributed by atoms with Crippen molar-refractivity contribution in [2.24, 2.45) is 0 Å². The van der Waals surface area contributed by atoms with Crippen molar-refractivity contribution in [1.82, 2.24) is 4.90 Å². The molecule has 108 valence electrons. The quantitative estimate of drug-likeness (QED) is 0.761. The molecule has 6 heteroatoms. The molecule has 1 saturated heterocycles. The summed E-state index contributed by atoms with van der Waals surface area (Å²) in [7, 11) is 1.34. The first kappa shape index (κ1) is 15.3. The molecule has 1 aliphatic rings. The van der Waals surface area contributed by atoms with Crippen molar-refractivity contribution in [1.29, 1.82) is 0 Å². The van der Waals surface area contributed by atoms with Crippen molar-refractivity contribution in [2.45, 2.75) is 25.3 Å². The summed E-state index contributed by atoms with van der Waals surface area (Å²) >= 11 is 9.30. The first-order chi connectivity index (χ1) is 9.54. The number of esters is 1. The third kappa shape index (κ3) is 3.15. The van der Waals surface area contributed by atoms with Gasteiger partial charge in [-0.3, -0.25) is 4.79 Å². The van der Waals surface area contributed by atoms with E-state index in [0.29, 0.717) is 23.6 Å². The molecule has 1 amide bonds. The number of piperidine rings is 1. The number of rotatable bonds is 2. The van der Waals surface area contributed by atoms with Gasteiger partial charge in [0.15, 0.2) is 0 Å². The van der Waals surface area contributed by atoms with E-state index in [0.717, 1.165) is 17.3 Å². The molecule has 1 fully saturated rings. The summed E-state index contributed by atoms with van der Waals surface area (Å²) in [5, 5.41) is 0.475. The summed E-state index contributed by atoms with van der Waals surface area (Å²) in [6.07, 6.45) is 2.46. The van der Waals surface area contributed by atoms with Gasteiger partial charge in [0.05, 0.1) is 12.1 Å².